The van der Waals surface area contributed by atoms with Crippen molar-refractivity contribution in [1.82, 2.24) is 29.6 Å². The van der Waals surface area contributed by atoms with Gasteiger partial charge in [-0.25, -0.2) is 9.59 Å². The highest BCUT2D eigenvalue weighted by Gasteiger charge is 2.34. The third kappa shape index (κ3) is 6.33. The molecular formula is C33H44ClN7O3. The maximum absolute atomic E-state index is 14.0. The fourth-order valence-corrected chi connectivity index (χ4v) is 7.63. The Balaban J connectivity index is 1.14. The van der Waals surface area contributed by atoms with Crippen LogP contribution in [0.4, 0.5) is 10.5 Å². The van der Waals surface area contributed by atoms with Crippen molar-refractivity contribution < 1.29 is 9.59 Å². The zero-order valence-corrected chi connectivity index (χ0v) is 26.3. The molecule has 3 aliphatic heterocycles. The molecule has 2 aromatic carbocycles. The fourth-order valence-electron chi connectivity index (χ4n) is 7.37. The zero-order valence-electron chi connectivity index (χ0n) is 25.6. The number of aromatic amines is 1. The largest absolute Gasteiger partial charge is 0.397 e. The Bertz CT molecular complexity index is 1550. The molecule has 3 aliphatic rings. The fraction of sp³-hybridized carbons (Fsp3) is 0.545. The van der Waals surface area contributed by atoms with Gasteiger partial charge < -0.3 is 30.7 Å². The number of nitrogens with zero attached hydrogens (tertiary/aromatic N) is 4. The second kappa shape index (κ2) is 13.2. The Morgan fingerprint density at radius 3 is 2.34 bits per heavy atom. The van der Waals surface area contributed by atoms with E-state index in [-0.39, 0.29) is 23.7 Å². The van der Waals surface area contributed by atoms with Crippen LogP contribution in [0, 0.1) is 0 Å². The van der Waals surface area contributed by atoms with Gasteiger partial charge in [0, 0.05) is 44.7 Å². The van der Waals surface area contributed by atoms with Gasteiger partial charge in [-0.3, -0.25) is 9.36 Å². The summed E-state index contributed by atoms with van der Waals surface area (Å²) in [4.78, 5) is 49.6. The van der Waals surface area contributed by atoms with Crippen LogP contribution in [0.2, 0.25) is 5.02 Å². The number of imidazole rings is 1. The highest BCUT2D eigenvalue weighted by Crippen LogP contribution is 2.28. The predicted molar refractivity (Wildman–Crippen MR) is 174 cm³/mol. The van der Waals surface area contributed by atoms with Crippen LogP contribution in [0.1, 0.15) is 62.6 Å². The standard InChI is InChI=1S/C33H44ClN7O3/c1-2-23-19-22(20-26(34)30(23)35)21-28(31(42)39-15-9-24(10-16-39)38-13-5-6-14-38)37-32(43)40-17-11-25(12-18-40)41-29-8-4-3-7-27(29)36-33(41)44/h3-4,7-8,19-20,24-25,28H,2,5-6,9-18,21,35H2,1H3,(H,36,44)(H,37,43)/t28-/m1/s1. The lowest BCUT2D eigenvalue weighted by Crippen LogP contribution is -2.56. The molecule has 0 radical (unpaired) electrons. The van der Waals surface area contributed by atoms with Crippen LogP contribution in [0.3, 0.4) is 0 Å². The second-order valence-corrected chi connectivity index (χ2v) is 13.0. The Morgan fingerprint density at radius 1 is 0.977 bits per heavy atom. The van der Waals surface area contributed by atoms with Crippen molar-refractivity contribution >= 4 is 40.3 Å². The molecule has 44 heavy (non-hydrogen) atoms. The summed E-state index contributed by atoms with van der Waals surface area (Å²) < 4.78 is 1.82. The van der Waals surface area contributed by atoms with Gasteiger partial charge in [0.2, 0.25) is 5.91 Å². The van der Waals surface area contributed by atoms with Crippen molar-refractivity contribution in [2.75, 3.05) is 45.0 Å². The van der Waals surface area contributed by atoms with Gasteiger partial charge in [0.25, 0.3) is 0 Å². The van der Waals surface area contributed by atoms with Crippen molar-refractivity contribution in [3.05, 3.63) is 63.0 Å². The number of piperidine rings is 2. The third-order valence-electron chi connectivity index (χ3n) is 9.87. The number of anilines is 1. The minimum atomic E-state index is -0.718. The van der Waals surface area contributed by atoms with Crippen LogP contribution in [0.5, 0.6) is 0 Å². The van der Waals surface area contributed by atoms with Crippen LogP contribution >= 0.6 is 11.6 Å². The Kier molecular flexibility index (Phi) is 9.18. The number of para-hydroxylation sites is 2. The van der Waals surface area contributed by atoms with E-state index in [1.54, 1.807) is 4.90 Å². The topological polar surface area (TPSA) is 120 Å². The highest BCUT2D eigenvalue weighted by molar-refractivity contribution is 6.33. The van der Waals surface area contributed by atoms with Crippen molar-refractivity contribution in [1.29, 1.82) is 0 Å². The number of aryl methyl sites for hydroxylation is 1. The first-order valence-electron chi connectivity index (χ1n) is 16.2. The van der Waals surface area contributed by atoms with E-state index in [4.69, 9.17) is 17.3 Å². The number of H-pyrrole nitrogens is 1. The first-order chi connectivity index (χ1) is 21.3. The van der Waals surface area contributed by atoms with E-state index < -0.39 is 6.04 Å². The number of benzene rings is 2. The molecule has 4 N–H and O–H groups in total. The number of halogens is 1. The van der Waals surface area contributed by atoms with Crippen LogP contribution in [-0.2, 0) is 17.6 Å². The van der Waals surface area contributed by atoms with Gasteiger partial charge in [0.05, 0.1) is 21.7 Å². The van der Waals surface area contributed by atoms with E-state index in [9.17, 15) is 14.4 Å². The van der Waals surface area contributed by atoms with Crippen LogP contribution in [0.25, 0.3) is 11.0 Å². The van der Waals surface area contributed by atoms with Gasteiger partial charge in [0.15, 0.2) is 0 Å². The molecular weight excluding hydrogens is 578 g/mol. The monoisotopic (exact) mass is 621 g/mol. The second-order valence-electron chi connectivity index (χ2n) is 12.5. The number of rotatable bonds is 7. The summed E-state index contributed by atoms with van der Waals surface area (Å²) in [6, 6.07) is 11.1. The number of hydrogen-bond acceptors (Lipinski definition) is 5. The SMILES string of the molecule is CCc1cc(C[C@@H](NC(=O)N2CCC(n3c(=O)[nH]c4ccccc43)CC2)C(=O)N2CCC(N3CCCC3)CC2)cc(Cl)c1N. The molecule has 11 heteroatoms. The lowest BCUT2D eigenvalue weighted by atomic mass is 9.98. The highest BCUT2D eigenvalue weighted by atomic mass is 35.5. The van der Waals surface area contributed by atoms with E-state index >= 15 is 0 Å². The quantitative estimate of drug-likeness (QED) is 0.342. The van der Waals surface area contributed by atoms with Gasteiger partial charge in [-0.15, -0.1) is 0 Å². The predicted octanol–water partition coefficient (Wildman–Crippen LogP) is 4.17. The lowest BCUT2D eigenvalue weighted by molar-refractivity contribution is -0.134. The van der Waals surface area contributed by atoms with E-state index in [2.05, 4.69) is 15.2 Å². The number of urea groups is 1. The normalized spacial score (nSPS) is 19.5. The molecule has 0 bridgehead atoms. The van der Waals surface area contributed by atoms with Gasteiger partial charge in [-0.05, 0) is 87.4 Å². The van der Waals surface area contributed by atoms with E-state index in [1.807, 2.05) is 52.8 Å². The maximum Gasteiger partial charge on any atom is 0.326 e. The van der Waals surface area contributed by atoms with Gasteiger partial charge in [-0.2, -0.15) is 0 Å². The molecule has 0 aliphatic carbocycles. The summed E-state index contributed by atoms with van der Waals surface area (Å²) in [7, 11) is 0. The first-order valence-corrected chi connectivity index (χ1v) is 16.5. The van der Waals surface area contributed by atoms with E-state index in [1.165, 1.54) is 12.8 Å². The van der Waals surface area contributed by atoms with Crippen molar-refractivity contribution in [2.24, 2.45) is 0 Å². The average molecular weight is 622 g/mol. The third-order valence-corrected chi connectivity index (χ3v) is 10.2. The molecule has 0 unspecified atom stereocenters. The number of hydrogen-bond donors (Lipinski definition) is 3. The summed E-state index contributed by atoms with van der Waals surface area (Å²) in [5, 5.41) is 3.57. The van der Waals surface area contributed by atoms with Gasteiger partial charge >= 0.3 is 11.7 Å². The summed E-state index contributed by atoms with van der Waals surface area (Å²) in [6.45, 7) is 6.71. The number of amides is 3. The van der Waals surface area contributed by atoms with Crippen LogP contribution in [-0.4, -0.2) is 87.5 Å². The number of nitrogen functional groups attached to an aromatic ring is 1. The summed E-state index contributed by atoms with van der Waals surface area (Å²) in [6.07, 6.45) is 6.81. The number of nitrogens with two attached hydrogens (primary N) is 1. The van der Waals surface area contributed by atoms with Crippen LogP contribution < -0.4 is 16.7 Å². The molecule has 1 aromatic heterocycles. The maximum atomic E-state index is 14.0. The lowest BCUT2D eigenvalue weighted by Gasteiger charge is -2.38. The number of carbonyl (C=O) groups excluding carboxylic acids is 2. The molecule has 3 amide bonds. The van der Waals surface area contributed by atoms with Gasteiger partial charge in [0.1, 0.15) is 6.04 Å². The number of nitrogens with one attached hydrogen (secondary N) is 2. The van der Waals surface area contributed by atoms with E-state index in [0.29, 0.717) is 62.2 Å². The molecule has 10 nitrogen and oxygen atoms in total. The summed E-state index contributed by atoms with van der Waals surface area (Å²) in [5.74, 6) is -0.0514. The minimum Gasteiger partial charge on any atom is -0.397 e. The minimum absolute atomic E-state index is 0.00131. The zero-order chi connectivity index (χ0) is 30.8. The Morgan fingerprint density at radius 2 is 1.64 bits per heavy atom. The summed E-state index contributed by atoms with van der Waals surface area (Å²) >= 11 is 6.47. The smallest absolute Gasteiger partial charge is 0.326 e. The summed E-state index contributed by atoms with van der Waals surface area (Å²) in [5.41, 5.74) is 10.1. The number of carbonyl (C=O) groups is 2. The molecule has 6 rings (SSSR count). The number of aromatic nitrogens is 2. The van der Waals surface area contributed by atoms with Crippen molar-refractivity contribution in [3.8, 4) is 0 Å². The van der Waals surface area contributed by atoms with Crippen LogP contribution in [0.15, 0.2) is 41.2 Å². The van der Waals surface area contributed by atoms with E-state index in [0.717, 1.165) is 54.5 Å². The average Bonchev–Trinajstić information content (AvgIpc) is 3.70. The molecule has 4 heterocycles. The Labute approximate surface area is 263 Å². The van der Waals surface area contributed by atoms with Gasteiger partial charge in [-0.1, -0.05) is 36.7 Å². The molecule has 236 valence electrons. The molecule has 3 saturated heterocycles. The number of fused-ring (bicyclic) bond motifs is 1. The molecule has 3 fully saturated rings. The molecule has 1 atom stereocenters. The molecule has 3 aromatic rings. The first kappa shape index (κ1) is 30.5. The molecule has 0 saturated carbocycles. The number of likely N-dealkylation sites (tertiary alicyclic amines) is 3. The van der Waals surface area contributed by atoms with Crippen molar-refractivity contribution in [3.63, 3.8) is 0 Å². The van der Waals surface area contributed by atoms with Crippen molar-refractivity contribution in [2.45, 2.75) is 76.4 Å². The molecule has 0 spiro atoms. The Hall–Kier alpha value is -3.50.